The van der Waals surface area contributed by atoms with Gasteiger partial charge in [0, 0.05) is 13.3 Å². The van der Waals surface area contributed by atoms with Crippen LogP contribution in [0.1, 0.15) is 27.2 Å². The van der Waals surface area contributed by atoms with Crippen molar-refractivity contribution in [3.63, 3.8) is 0 Å². The zero-order valence-electron chi connectivity index (χ0n) is 8.18. The normalized spacial score (nSPS) is 18.5. The van der Waals surface area contributed by atoms with Crippen molar-refractivity contribution in [3.05, 3.63) is 0 Å². The predicted molar refractivity (Wildman–Crippen MR) is 42.5 cm³/mol. The second-order valence-electron chi connectivity index (χ2n) is 3.40. The number of carbonyl (C=O) groups excluding carboxylic acids is 1. The molecule has 2 unspecified atom stereocenters. The van der Waals surface area contributed by atoms with Gasteiger partial charge in [-0.1, -0.05) is 0 Å². The van der Waals surface area contributed by atoms with Gasteiger partial charge in [0.2, 0.25) is 0 Å². The summed E-state index contributed by atoms with van der Waals surface area (Å²) >= 11 is 0. The van der Waals surface area contributed by atoms with E-state index in [-0.39, 0.29) is 0 Å². The summed E-state index contributed by atoms with van der Waals surface area (Å²) < 4.78 is 40.9. The highest BCUT2D eigenvalue weighted by atomic mass is 19.4. The van der Waals surface area contributed by atoms with Crippen LogP contribution in [0.2, 0.25) is 0 Å². The molecule has 84 valence electrons. The maximum absolute atomic E-state index is 12.1. The SMILES string of the molecule is CC(=O)OC(C)CC(C)(O)C(F)(F)F. The van der Waals surface area contributed by atoms with Crippen LogP contribution < -0.4 is 0 Å². The van der Waals surface area contributed by atoms with Gasteiger partial charge in [-0.25, -0.2) is 0 Å². The molecule has 0 aliphatic carbocycles. The Morgan fingerprint density at radius 1 is 1.50 bits per heavy atom. The molecular weight excluding hydrogens is 201 g/mol. The van der Waals surface area contributed by atoms with Crippen molar-refractivity contribution in [1.82, 2.24) is 0 Å². The summed E-state index contributed by atoms with van der Waals surface area (Å²) in [5, 5.41) is 9.02. The molecule has 0 amide bonds. The molecule has 6 heteroatoms. The number of aliphatic hydroxyl groups is 1. The van der Waals surface area contributed by atoms with Gasteiger partial charge in [0.1, 0.15) is 6.10 Å². The van der Waals surface area contributed by atoms with Crippen LogP contribution in [-0.2, 0) is 9.53 Å². The van der Waals surface area contributed by atoms with E-state index in [0.717, 1.165) is 6.92 Å². The predicted octanol–water partition coefficient (Wildman–Crippen LogP) is 1.64. The highest BCUT2D eigenvalue weighted by Gasteiger charge is 2.50. The van der Waals surface area contributed by atoms with E-state index in [2.05, 4.69) is 4.74 Å². The average Bonchev–Trinajstić information content (AvgIpc) is 1.79. The molecule has 0 heterocycles. The van der Waals surface area contributed by atoms with E-state index in [1.807, 2.05) is 0 Å². The smallest absolute Gasteiger partial charge is 0.417 e. The Morgan fingerprint density at radius 3 is 2.21 bits per heavy atom. The fourth-order valence-corrected chi connectivity index (χ4v) is 1.00. The van der Waals surface area contributed by atoms with Crippen molar-refractivity contribution >= 4 is 5.97 Å². The summed E-state index contributed by atoms with van der Waals surface area (Å²) in [7, 11) is 0. The van der Waals surface area contributed by atoms with E-state index in [1.165, 1.54) is 6.92 Å². The van der Waals surface area contributed by atoms with Gasteiger partial charge in [-0.05, 0) is 13.8 Å². The summed E-state index contributed by atoms with van der Waals surface area (Å²) in [5.41, 5.74) is -2.83. The van der Waals surface area contributed by atoms with Gasteiger partial charge in [0.25, 0.3) is 0 Å². The van der Waals surface area contributed by atoms with Gasteiger partial charge in [-0.2, -0.15) is 13.2 Å². The first-order valence-corrected chi connectivity index (χ1v) is 4.02. The Labute approximate surface area is 79.9 Å². The van der Waals surface area contributed by atoms with Crippen LogP contribution in [0, 0.1) is 0 Å². The second-order valence-corrected chi connectivity index (χ2v) is 3.40. The van der Waals surface area contributed by atoms with Gasteiger partial charge in [-0.15, -0.1) is 0 Å². The Balaban J connectivity index is 4.29. The first-order valence-electron chi connectivity index (χ1n) is 4.02. The molecule has 0 aromatic carbocycles. The molecule has 0 spiro atoms. The van der Waals surface area contributed by atoms with Gasteiger partial charge < -0.3 is 9.84 Å². The lowest BCUT2D eigenvalue weighted by molar-refractivity contribution is -0.261. The second kappa shape index (κ2) is 4.16. The molecule has 0 aliphatic rings. The molecular formula is C8H13F3O3. The van der Waals surface area contributed by atoms with E-state index < -0.39 is 30.3 Å². The van der Waals surface area contributed by atoms with E-state index >= 15 is 0 Å². The molecule has 3 nitrogen and oxygen atoms in total. The molecule has 2 atom stereocenters. The highest BCUT2D eigenvalue weighted by Crippen LogP contribution is 2.33. The number of carbonyl (C=O) groups is 1. The number of ether oxygens (including phenoxy) is 1. The maximum atomic E-state index is 12.1. The lowest BCUT2D eigenvalue weighted by atomic mass is 9.98. The maximum Gasteiger partial charge on any atom is 0.417 e. The Kier molecular flexibility index (Phi) is 3.93. The number of hydrogen-bond donors (Lipinski definition) is 1. The molecule has 0 radical (unpaired) electrons. The van der Waals surface area contributed by atoms with Crippen molar-refractivity contribution in [2.24, 2.45) is 0 Å². The van der Waals surface area contributed by atoms with Crippen LogP contribution in [-0.4, -0.2) is 29.0 Å². The van der Waals surface area contributed by atoms with Gasteiger partial charge in [0.15, 0.2) is 5.60 Å². The third-order valence-corrected chi connectivity index (χ3v) is 1.66. The molecule has 1 N–H and O–H groups in total. The number of esters is 1. The van der Waals surface area contributed by atoms with Crippen LogP contribution in [0.3, 0.4) is 0 Å². The molecule has 0 saturated carbocycles. The molecule has 0 aliphatic heterocycles. The first kappa shape index (κ1) is 13.2. The van der Waals surface area contributed by atoms with Crippen molar-refractivity contribution in [2.45, 2.75) is 45.1 Å². The molecule has 0 aromatic heterocycles. The van der Waals surface area contributed by atoms with E-state index in [1.54, 1.807) is 0 Å². The van der Waals surface area contributed by atoms with Gasteiger partial charge in [0.05, 0.1) is 0 Å². The number of rotatable bonds is 3. The Hall–Kier alpha value is -0.780. The molecule has 0 bridgehead atoms. The topological polar surface area (TPSA) is 46.5 Å². The van der Waals surface area contributed by atoms with Crippen molar-refractivity contribution in [1.29, 1.82) is 0 Å². The summed E-state index contributed by atoms with van der Waals surface area (Å²) in [6.45, 7) is 3.04. The third kappa shape index (κ3) is 3.95. The fourth-order valence-electron chi connectivity index (χ4n) is 1.00. The van der Waals surface area contributed by atoms with Crippen LogP contribution in [0.4, 0.5) is 13.2 Å². The Bertz CT molecular complexity index is 210. The van der Waals surface area contributed by atoms with Crippen LogP contribution >= 0.6 is 0 Å². The van der Waals surface area contributed by atoms with E-state index in [9.17, 15) is 18.0 Å². The molecule has 0 rings (SSSR count). The zero-order chi connectivity index (χ0) is 11.6. The summed E-state index contributed by atoms with van der Waals surface area (Å²) in [5.74, 6) is -0.671. The number of hydrogen-bond acceptors (Lipinski definition) is 3. The van der Waals surface area contributed by atoms with Crippen molar-refractivity contribution in [3.8, 4) is 0 Å². The lowest BCUT2D eigenvalue weighted by Gasteiger charge is -2.28. The zero-order valence-corrected chi connectivity index (χ0v) is 8.18. The largest absolute Gasteiger partial charge is 0.463 e. The summed E-state index contributed by atoms with van der Waals surface area (Å²) in [4.78, 5) is 10.4. The summed E-state index contributed by atoms with van der Waals surface area (Å²) in [6, 6.07) is 0. The average molecular weight is 214 g/mol. The third-order valence-electron chi connectivity index (χ3n) is 1.66. The summed E-state index contributed by atoms with van der Waals surface area (Å²) in [6.07, 6.45) is -6.36. The van der Waals surface area contributed by atoms with E-state index in [4.69, 9.17) is 5.11 Å². The quantitative estimate of drug-likeness (QED) is 0.726. The number of halogens is 3. The minimum Gasteiger partial charge on any atom is -0.463 e. The van der Waals surface area contributed by atoms with Crippen LogP contribution in [0.15, 0.2) is 0 Å². The van der Waals surface area contributed by atoms with E-state index in [0.29, 0.717) is 6.92 Å². The van der Waals surface area contributed by atoms with Crippen molar-refractivity contribution < 1.29 is 27.8 Å². The fraction of sp³-hybridized carbons (Fsp3) is 0.875. The molecule has 14 heavy (non-hydrogen) atoms. The molecule has 0 aromatic rings. The standard InChI is InChI=1S/C8H13F3O3/c1-5(14-6(2)12)4-7(3,13)8(9,10)11/h5,13H,4H2,1-3H3. The molecule has 0 fully saturated rings. The monoisotopic (exact) mass is 214 g/mol. The van der Waals surface area contributed by atoms with Crippen LogP contribution in [0.5, 0.6) is 0 Å². The first-order chi connectivity index (χ1) is 6.06. The molecule has 0 saturated heterocycles. The van der Waals surface area contributed by atoms with Crippen molar-refractivity contribution in [2.75, 3.05) is 0 Å². The minimum absolute atomic E-state index is 0.646. The number of alkyl halides is 3. The van der Waals surface area contributed by atoms with Crippen LogP contribution in [0.25, 0.3) is 0 Å². The minimum atomic E-state index is -4.72. The van der Waals surface area contributed by atoms with Gasteiger partial charge >= 0.3 is 12.1 Å². The van der Waals surface area contributed by atoms with Gasteiger partial charge in [-0.3, -0.25) is 4.79 Å². The Morgan fingerprint density at radius 2 is 1.93 bits per heavy atom. The lowest BCUT2D eigenvalue weighted by Crippen LogP contribution is -2.44. The highest BCUT2D eigenvalue weighted by molar-refractivity contribution is 5.66.